The van der Waals surface area contributed by atoms with Crippen LogP contribution in [0.15, 0.2) is 0 Å². The van der Waals surface area contributed by atoms with Crippen LogP contribution in [0.5, 0.6) is 0 Å². The molecular formula is C49H94O6. The van der Waals surface area contributed by atoms with Gasteiger partial charge in [0.2, 0.25) is 0 Å². The van der Waals surface area contributed by atoms with Crippen LogP contribution in [0.1, 0.15) is 278 Å². The van der Waals surface area contributed by atoms with Gasteiger partial charge in [0.25, 0.3) is 0 Å². The van der Waals surface area contributed by atoms with E-state index in [1.165, 1.54) is 180 Å². The third kappa shape index (κ3) is 43.4. The van der Waals surface area contributed by atoms with Crippen molar-refractivity contribution in [2.24, 2.45) is 0 Å². The van der Waals surface area contributed by atoms with Crippen LogP contribution in [0.3, 0.4) is 0 Å². The van der Waals surface area contributed by atoms with E-state index in [9.17, 15) is 14.4 Å². The second-order valence-electron chi connectivity index (χ2n) is 16.7. The van der Waals surface area contributed by atoms with Crippen LogP contribution in [-0.2, 0) is 28.6 Å². The highest BCUT2D eigenvalue weighted by Gasteiger charge is 2.19. The SMILES string of the molecule is CCCCCCCCCCCCCCCCCCC(=O)OCC(COC(=O)CCCCCCCCCCC)OC(=O)CCCCCCCCCCCCCC. The Bertz CT molecular complexity index is 813. The lowest BCUT2D eigenvalue weighted by atomic mass is 10.0. The predicted molar refractivity (Wildman–Crippen MR) is 233 cm³/mol. The molecule has 0 fully saturated rings. The average molecular weight is 779 g/mol. The summed E-state index contributed by atoms with van der Waals surface area (Å²) in [4.78, 5) is 37.7. The van der Waals surface area contributed by atoms with Crippen molar-refractivity contribution in [3.63, 3.8) is 0 Å². The number of rotatable bonds is 45. The van der Waals surface area contributed by atoms with Gasteiger partial charge in [-0.3, -0.25) is 14.4 Å². The van der Waals surface area contributed by atoms with Gasteiger partial charge in [0, 0.05) is 19.3 Å². The molecule has 0 amide bonds. The number of hydrogen-bond acceptors (Lipinski definition) is 6. The number of carbonyl (C=O) groups excluding carboxylic acids is 3. The van der Waals surface area contributed by atoms with Gasteiger partial charge >= 0.3 is 17.9 Å². The van der Waals surface area contributed by atoms with Crippen molar-refractivity contribution in [2.45, 2.75) is 284 Å². The van der Waals surface area contributed by atoms with Crippen LogP contribution in [0.25, 0.3) is 0 Å². The molecule has 0 radical (unpaired) electrons. The highest BCUT2D eigenvalue weighted by atomic mass is 16.6. The van der Waals surface area contributed by atoms with Gasteiger partial charge in [-0.15, -0.1) is 0 Å². The molecule has 0 aliphatic rings. The first-order valence-corrected chi connectivity index (χ1v) is 24.5. The van der Waals surface area contributed by atoms with Crippen LogP contribution in [0.4, 0.5) is 0 Å². The van der Waals surface area contributed by atoms with Crippen molar-refractivity contribution in [3.8, 4) is 0 Å². The topological polar surface area (TPSA) is 78.9 Å². The molecular weight excluding hydrogens is 685 g/mol. The molecule has 0 N–H and O–H groups in total. The third-order valence-corrected chi connectivity index (χ3v) is 11.1. The molecule has 6 heteroatoms. The van der Waals surface area contributed by atoms with Gasteiger partial charge in [-0.2, -0.15) is 0 Å². The minimum absolute atomic E-state index is 0.0623. The van der Waals surface area contributed by atoms with E-state index < -0.39 is 6.10 Å². The van der Waals surface area contributed by atoms with Gasteiger partial charge in [0.1, 0.15) is 13.2 Å². The molecule has 1 unspecified atom stereocenters. The Morgan fingerprint density at radius 2 is 0.491 bits per heavy atom. The summed E-state index contributed by atoms with van der Waals surface area (Å²) in [5.74, 6) is -0.848. The van der Waals surface area contributed by atoms with Gasteiger partial charge in [0.05, 0.1) is 0 Å². The van der Waals surface area contributed by atoms with E-state index in [4.69, 9.17) is 14.2 Å². The standard InChI is InChI=1S/C49H94O6/c1-4-7-10-13-16-19-21-23-24-25-26-28-30-33-36-39-42-48(51)54-45-46(44-53-47(50)41-38-35-32-29-18-15-12-9-6-3)55-49(52)43-40-37-34-31-27-22-20-17-14-11-8-5-2/h46H,4-45H2,1-3H3. The second kappa shape index (κ2) is 45.1. The summed E-state index contributed by atoms with van der Waals surface area (Å²) in [6, 6.07) is 0. The molecule has 0 aromatic carbocycles. The average Bonchev–Trinajstić information content (AvgIpc) is 3.18. The van der Waals surface area contributed by atoms with Crippen LogP contribution in [0, 0.1) is 0 Å². The molecule has 0 rings (SSSR count). The zero-order valence-corrected chi connectivity index (χ0v) is 37.2. The van der Waals surface area contributed by atoms with Crippen molar-refractivity contribution in [1.29, 1.82) is 0 Å². The van der Waals surface area contributed by atoms with E-state index in [0.717, 1.165) is 57.8 Å². The van der Waals surface area contributed by atoms with Crippen LogP contribution < -0.4 is 0 Å². The maximum absolute atomic E-state index is 12.7. The zero-order chi connectivity index (χ0) is 40.1. The summed E-state index contributed by atoms with van der Waals surface area (Å²) in [7, 11) is 0. The van der Waals surface area contributed by atoms with Crippen LogP contribution >= 0.6 is 0 Å². The zero-order valence-electron chi connectivity index (χ0n) is 37.2. The van der Waals surface area contributed by atoms with Crippen LogP contribution in [-0.4, -0.2) is 37.2 Å². The minimum Gasteiger partial charge on any atom is -0.462 e. The third-order valence-electron chi connectivity index (χ3n) is 11.1. The molecule has 0 aromatic rings. The lowest BCUT2D eigenvalue weighted by Crippen LogP contribution is -2.30. The van der Waals surface area contributed by atoms with Crippen molar-refractivity contribution in [1.82, 2.24) is 0 Å². The lowest BCUT2D eigenvalue weighted by molar-refractivity contribution is -0.167. The van der Waals surface area contributed by atoms with Gasteiger partial charge < -0.3 is 14.2 Å². The molecule has 0 aliphatic carbocycles. The van der Waals surface area contributed by atoms with E-state index in [-0.39, 0.29) is 31.1 Å². The summed E-state index contributed by atoms with van der Waals surface area (Å²) in [5, 5.41) is 0. The first-order valence-electron chi connectivity index (χ1n) is 24.5. The molecule has 0 aromatic heterocycles. The number of carbonyl (C=O) groups is 3. The molecule has 0 saturated carbocycles. The molecule has 0 heterocycles. The molecule has 0 bridgehead atoms. The highest BCUT2D eigenvalue weighted by Crippen LogP contribution is 2.16. The fourth-order valence-corrected chi connectivity index (χ4v) is 7.38. The predicted octanol–water partition coefficient (Wildman–Crippen LogP) is 15.6. The number of hydrogen-bond donors (Lipinski definition) is 0. The fourth-order valence-electron chi connectivity index (χ4n) is 7.38. The lowest BCUT2D eigenvalue weighted by Gasteiger charge is -2.18. The smallest absolute Gasteiger partial charge is 0.306 e. The molecule has 0 aliphatic heterocycles. The van der Waals surface area contributed by atoms with Gasteiger partial charge in [-0.05, 0) is 19.3 Å². The molecule has 326 valence electrons. The van der Waals surface area contributed by atoms with Crippen molar-refractivity contribution in [2.75, 3.05) is 13.2 Å². The first-order chi connectivity index (χ1) is 27.0. The normalized spacial score (nSPS) is 11.8. The summed E-state index contributed by atoms with van der Waals surface area (Å²) in [6.07, 6.45) is 46.6. The van der Waals surface area contributed by atoms with Gasteiger partial charge in [-0.1, -0.05) is 239 Å². The maximum atomic E-state index is 12.7. The number of unbranched alkanes of at least 4 members (excludes halogenated alkanes) is 34. The summed E-state index contributed by atoms with van der Waals surface area (Å²) in [6.45, 7) is 6.65. The van der Waals surface area contributed by atoms with Crippen molar-refractivity contribution in [3.05, 3.63) is 0 Å². The van der Waals surface area contributed by atoms with Gasteiger partial charge in [0.15, 0.2) is 6.10 Å². The molecule has 0 spiro atoms. The Kier molecular flexibility index (Phi) is 43.8. The monoisotopic (exact) mass is 779 g/mol. The maximum Gasteiger partial charge on any atom is 0.306 e. The van der Waals surface area contributed by atoms with E-state index in [1.54, 1.807) is 0 Å². The summed E-state index contributed by atoms with van der Waals surface area (Å²) in [5.41, 5.74) is 0. The Morgan fingerprint density at radius 3 is 0.727 bits per heavy atom. The quantitative estimate of drug-likeness (QED) is 0.0348. The summed E-state index contributed by atoms with van der Waals surface area (Å²) < 4.78 is 16.7. The number of esters is 3. The molecule has 55 heavy (non-hydrogen) atoms. The van der Waals surface area contributed by atoms with Gasteiger partial charge in [-0.25, -0.2) is 0 Å². The molecule has 1 atom stereocenters. The Balaban J connectivity index is 4.26. The Hall–Kier alpha value is -1.59. The van der Waals surface area contributed by atoms with Crippen LogP contribution in [0.2, 0.25) is 0 Å². The Labute approximate surface area is 342 Å². The largest absolute Gasteiger partial charge is 0.462 e. The summed E-state index contributed by atoms with van der Waals surface area (Å²) >= 11 is 0. The first kappa shape index (κ1) is 53.4. The second-order valence-corrected chi connectivity index (χ2v) is 16.7. The van der Waals surface area contributed by atoms with E-state index >= 15 is 0 Å². The van der Waals surface area contributed by atoms with E-state index in [2.05, 4.69) is 20.8 Å². The fraction of sp³-hybridized carbons (Fsp3) is 0.939. The molecule has 6 nitrogen and oxygen atoms in total. The Morgan fingerprint density at radius 1 is 0.291 bits per heavy atom. The van der Waals surface area contributed by atoms with E-state index in [0.29, 0.717) is 19.3 Å². The highest BCUT2D eigenvalue weighted by molar-refractivity contribution is 5.71. The van der Waals surface area contributed by atoms with Crippen molar-refractivity contribution >= 4 is 17.9 Å². The number of ether oxygens (including phenoxy) is 3. The minimum atomic E-state index is -0.758. The molecule has 0 saturated heterocycles. The van der Waals surface area contributed by atoms with E-state index in [1.807, 2.05) is 0 Å². The van der Waals surface area contributed by atoms with Crippen molar-refractivity contribution < 1.29 is 28.6 Å².